The van der Waals surface area contributed by atoms with Crippen LogP contribution in [0.15, 0.2) is 30.5 Å². The number of rotatable bonds is 7. The van der Waals surface area contributed by atoms with Crippen LogP contribution in [0.25, 0.3) is 11.0 Å². The topological polar surface area (TPSA) is 92.7 Å². The SMILES string of the molecule is COc1ccc(OC2CCN(c3nc4c(C(=O)N5CCC5)nccc4nc3NC3CC3)CC2)c(F)c1. The molecule has 36 heavy (non-hydrogen) atoms. The van der Waals surface area contributed by atoms with E-state index in [1.807, 2.05) is 0 Å². The van der Waals surface area contributed by atoms with Crippen LogP contribution in [0.5, 0.6) is 11.5 Å². The van der Waals surface area contributed by atoms with Gasteiger partial charge in [-0.25, -0.2) is 19.3 Å². The number of nitrogens with one attached hydrogen (secondary N) is 1. The zero-order valence-corrected chi connectivity index (χ0v) is 20.2. The molecule has 3 aromatic rings. The number of piperidine rings is 1. The van der Waals surface area contributed by atoms with E-state index in [1.54, 1.807) is 29.3 Å². The van der Waals surface area contributed by atoms with Crippen LogP contribution in [-0.2, 0) is 0 Å². The molecular weight excluding hydrogens is 463 g/mol. The second-order valence-electron chi connectivity index (χ2n) is 9.59. The van der Waals surface area contributed by atoms with Gasteiger partial charge in [-0.3, -0.25) is 4.79 Å². The van der Waals surface area contributed by atoms with E-state index in [9.17, 15) is 9.18 Å². The van der Waals surface area contributed by atoms with Gasteiger partial charge in [-0.05, 0) is 37.5 Å². The Morgan fingerprint density at radius 1 is 1.08 bits per heavy atom. The molecule has 0 atom stereocenters. The van der Waals surface area contributed by atoms with Gasteiger partial charge in [0.05, 0.1) is 12.6 Å². The number of hydrogen-bond acceptors (Lipinski definition) is 8. The van der Waals surface area contributed by atoms with Gasteiger partial charge < -0.3 is 24.6 Å². The average molecular weight is 493 g/mol. The summed E-state index contributed by atoms with van der Waals surface area (Å²) in [5.74, 6) is 1.63. The van der Waals surface area contributed by atoms with E-state index in [1.165, 1.54) is 13.2 Å². The van der Waals surface area contributed by atoms with Gasteiger partial charge in [-0.15, -0.1) is 0 Å². The first-order valence-corrected chi connectivity index (χ1v) is 12.6. The molecule has 1 aromatic carbocycles. The second kappa shape index (κ2) is 9.40. The van der Waals surface area contributed by atoms with Crippen molar-refractivity contribution in [1.82, 2.24) is 19.9 Å². The summed E-state index contributed by atoms with van der Waals surface area (Å²) in [6.07, 6.45) is 6.17. The van der Waals surface area contributed by atoms with Gasteiger partial charge in [0.25, 0.3) is 5.91 Å². The Bertz CT molecular complexity index is 1290. The number of carbonyl (C=O) groups is 1. The van der Waals surface area contributed by atoms with Crippen molar-refractivity contribution < 1.29 is 18.7 Å². The van der Waals surface area contributed by atoms with Crippen molar-refractivity contribution in [2.75, 3.05) is 43.5 Å². The first-order chi connectivity index (χ1) is 17.6. The quantitative estimate of drug-likeness (QED) is 0.535. The first kappa shape index (κ1) is 22.8. The minimum Gasteiger partial charge on any atom is -0.497 e. The largest absolute Gasteiger partial charge is 0.497 e. The maximum Gasteiger partial charge on any atom is 0.274 e. The lowest BCUT2D eigenvalue weighted by Crippen LogP contribution is -2.42. The number of aromatic nitrogens is 3. The summed E-state index contributed by atoms with van der Waals surface area (Å²) in [5.41, 5.74) is 1.55. The van der Waals surface area contributed by atoms with Gasteiger partial charge in [0.2, 0.25) is 0 Å². The highest BCUT2D eigenvalue weighted by Crippen LogP contribution is 2.34. The summed E-state index contributed by atoms with van der Waals surface area (Å²) in [5, 5.41) is 3.51. The van der Waals surface area contributed by atoms with Gasteiger partial charge >= 0.3 is 0 Å². The summed E-state index contributed by atoms with van der Waals surface area (Å²) in [4.78, 5) is 31.2. The van der Waals surface area contributed by atoms with Crippen molar-refractivity contribution in [3.05, 3.63) is 42.0 Å². The number of amides is 1. The maximum atomic E-state index is 14.4. The minimum atomic E-state index is -0.431. The molecule has 3 aliphatic rings. The van der Waals surface area contributed by atoms with Crippen LogP contribution in [0.2, 0.25) is 0 Å². The minimum absolute atomic E-state index is 0.0939. The van der Waals surface area contributed by atoms with E-state index in [4.69, 9.17) is 19.4 Å². The molecule has 2 saturated heterocycles. The Morgan fingerprint density at radius 2 is 1.89 bits per heavy atom. The Hall–Kier alpha value is -3.69. The summed E-state index contributed by atoms with van der Waals surface area (Å²) in [6.45, 7) is 2.86. The average Bonchev–Trinajstić information content (AvgIpc) is 3.68. The van der Waals surface area contributed by atoms with E-state index in [-0.39, 0.29) is 17.8 Å². The van der Waals surface area contributed by atoms with Crippen molar-refractivity contribution in [3.8, 4) is 11.5 Å². The zero-order valence-electron chi connectivity index (χ0n) is 20.2. The summed E-state index contributed by atoms with van der Waals surface area (Å²) < 4.78 is 25.4. The Balaban J connectivity index is 1.24. The number of nitrogens with zero attached hydrogens (tertiary/aromatic N) is 5. The molecule has 0 radical (unpaired) electrons. The molecule has 1 N–H and O–H groups in total. The van der Waals surface area contributed by atoms with E-state index in [2.05, 4.69) is 15.2 Å². The lowest BCUT2D eigenvalue weighted by molar-refractivity contribution is 0.0647. The van der Waals surface area contributed by atoms with Crippen molar-refractivity contribution in [2.45, 2.75) is 44.2 Å². The molecule has 0 unspecified atom stereocenters. The number of carbonyl (C=O) groups excluding carboxylic acids is 1. The highest BCUT2D eigenvalue weighted by molar-refractivity contribution is 6.03. The highest BCUT2D eigenvalue weighted by Gasteiger charge is 2.30. The van der Waals surface area contributed by atoms with Crippen LogP contribution in [0.3, 0.4) is 0 Å². The Kier molecular flexibility index (Phi) is 5.94. The molecule has 0 spiro atoms. The van der Waals surface area contributed by atoms with Crippen molar-refractivity contribution >= 4 is 28.6 Å². The Morgan fingerprint density at radius 3 is 2.56 bits per heavy atom. The zero-order chi connectivity index (χ0) is 24.6. The van der Waals surface area contributed by atoms with Crippen molar-refractivity contribution in [2.24, 2.45) is 0 Å². The van der Waals surface area contributed by atoms with Crippen LogP contribution in [0, 0.1) is 5.82 Å². The van der Waals surface area contributed by atoms with Gasteiger partial charge in [0.1, 0.15) is 17.4 Å². The van der Waals surface area contributed by atoms with Crippen LogP contribution < -0.4 is 19.7 Å². The molecule has 2 aromatic heterocycles. The van der Waals surface area contributed by atoms with Gasteiger partial charge in [0, 0.05) is 57.3 Å². The number of anilines is 2. The number of fused-ring (bicyclic) bond motifs is 1. The molecule has 4 heterocycles. The number of ether oxygens (including phenoxy) is 2. The third-order valence-corrected chi connectivity index (χ3v) is 7.00. The monoisotopic (exact) mass is 492 g/mol. The lowest BCUT2D eigenvalue weighted by atomic mass is 10.1. The van der Waals surface area contributed by atoms with E-state index >= 15 is 0 Å². The fraction of sp³-hybridized carbons (Fsp3) is 0.462. The number of halogens is 1. The molecule has 10 heteroatoms. The number of hydrogen-bond donors (Lipinski definition) is 1. The van der Waals surface area contributed by atoms with E-state index in [0.717, 1.165) is 44.0 Å². The predicted molar refractivity (Wildman–Crippen MR) is 133 cm³/mol. The third-order valence-electron chi connectivity index (χ3n) is 7.00. The molecule has 1 amide bonds. The number of likely N-dealkylation sites (tertiary alicyclic amines) is 1. The molecule has 6 rings (SSSR count). The lowest BCUT2D eigenvalue weighted by Gasteiger charge is -2.34. The van der Waals surface area contributed by atoms with Crippen LogP contribution >= 0.6 is 0 Å². The van der Waals surface area contributed by atoms with E-state index in [0.29, 0.717) is 54.4 Å². The van der Waals surface area contributed by atoms with E-state index < -0.39 is 5.82 Å². The number of methoxy groups -OCH3 is 1. The second-order valence-corrected chi connectivity index (χ2v) is 9.59. The molecule has 3 fully saturated rings. The number of pyridine rings is 1. The highest BCUT2D eigenvalue weighted by atomic mass is 19.1. The Labute approximate surface area is 208 Å². The van der Waals surface area contributed by atoms with Crippen LogP contribution in [0.1, 0.15) is 42.6 Å². The fourth-order valence-electron chi connectivity index (χ4n) is 4.61. The van der Waals surface area contributed by atoms with Gasteiger partial charge in [0.15, 0.2) is 28.9 Å². The molecule has 0 bridgehead atoms. The maximum absolute atomic E-state index is 14.4. The van der Waals surface area contributed by atoms with Crippen LogP contribution in [-0.4, -0.2) is 71.2 Å². The molecular formula is C26H29FN6O3. The molecule has 1 saturated carbocycles. The number of benzene rings is 1. The summed E-state index contributed by atoms with van der Waals surface area (Å²) in [6, 6.07) is 6.84. The van der Waals surface area contributed by atoms with Crippen molar-refractivity contribution in [3.63, 3.8) is 0 Å². The van der Waals surface area contributed by atoms with Gasteiger partial charge in [-0.1, -0.05) is 0 Å². The van der Waals surface area contributed by atoms with Crippen molar-refractivity contribution in [1.29, 1.82) is 0 Å². The molecule has 188 valence electrons. The fourth-order valence-corrected chi connectivity index (χ4v) is 4.61. The summed E-state index contributed by atoms with van der Waals surface area (Å²) in [7, 11) is 1.51. The third kappa shape index (κ3) is 4.47. The molecule has 1 aliphatic carbocycles. The molecule has 2 aliphatic heterocycles. The predicted octanol–water partition coefficient (Wildman–Crippen LogP) is 3.64. The normalized spacial score (nSPS) is 18.2. The standard InChI is InChI=1S/C26H29FN6O3/c1-35-18-5-6-21(19(27)15-18)36-17-8-13-32(14-9-17)25-24(29-16-3-4-16)30-20-7-10-28-23(22(20)31-25)26(34)33-11-2-12-33/h5-7,10,15-17H,2-4,8-9,11-14H2,1H3,(H,29,30). The molecule has 9 nitrogen and oxygen atoms in total. The smallest absolute Gasteiger partial charge is 0.274 e. The van der Waals surface area contributed by atoms with Crippen LogP contribution in [0.4, 0.5) is 16.0 Å². The first-order valence-electron chi connectivity index (χ1n) is 12.6. The van der Waals surface area contributed by atoms with Gasteiger partial charge in [-0.2, -0.15) is 0 Å². The summed E-state index contributed by atoms with van der Waals surface area (Å²) >= 11 is 0.